The number of nitrogens with zero attached hydrogens (tertiary/aromatic N) is 4. The number of carboxylic acids is 1. The minimum atomic E-state index is -0.960. The summed E-state index contributed by atoms with van der Waals surface area (Å²) in [4.78, 5) is 17.4. The highest BCUT2D eigenvalue weighted by molar-refractivity contribution is 7.22. The number of hydrogen-bond acceptors (Lipinski definition) is 8. The third-order valence-corrected chi connectivity index (χ3v) is 6.13. The second-order valence-corrected chi connectivity index (χ2v) is 8.06. The zero-order valence-electron chi connectivity index (χ0n) is 14.8. The summed E-state index contributed by atoms with van der Waals surface area (Å²) in [7, 11) is 1.80. The minimum absolute atomic E-state index is 0.257. The molecule has 0 aliphatic carbocycles. The molecule has 10 heteroatoms. The van der Waals surface area contributed by atoms with Gasteiger partial charge >= 0.3 is 5.97 Å². The van der Waals surface area contributed by atoms with Crippen LogP contribution in [-0.2, 0) is 0 Å². The van der Waals surface area contributed by atoms with Crippen LogP contribution < -0.4 is 10.2 Å². The van der Waals surface area contributed by atoms with Gasteiger partial charge in [0.15, 0.2) is 16.8 Å². The van der Waals surface area contributed by atoms with Gasteiger partial charge in [0, 0.05) is 7.05 Å². The van der Waals surface area contributed by atoms with Crippen molar-refractivity contribution < 1.29 is 14.3 Å². The Morgan fingerprint density at radius 1 is 1.21 bits per heavy atom. The number of carbonyl (C=O) groups is 1. The molecule has 0 amide bonds. The van der Waals surface area contributed by atoms with E-state index in [0.717, 1.165) is 26.6 Å². The van der Waals surface area contributed by atoms with Crippen molar-refractivity contribution in [1.29, 1.82) is 0 Å². The molecule has 0 aliphatic heterocycles. The van der Waals surface area contributed by atoms with Gasteiger partial charge in [-0.15, -0.1) is 21.5 Å². The van der Waals surface area contributed by atoms with Crippen molar-refractivity contribution in [3.05, 3.63) is 52.7 Å². The molecule has 0 saturated carbocycles. The highest BCUT2D eigenvalue weighted by Gasteiger charge is 2.15. The molecule has 4 aromatic rings. The van der Waals surface area contributed by atoms with E-state index < -0.39 is 5.97 Å². The number of thiophene rings is 1. The molecule has 0 spiro atoms. The van der Waals surface area contributed by atoms with Gasteiger partial charge in [-0.3, -0.25) is 0 Å². The molecule has 0 saturated heterocycles. The lowest BCUT2D eigenvalue weighted by Gasteiger charge is -2.16. The summed E-state index contributed by atoms with van der Waals surface area (Å²) >= 11 is 2.49. The largest absolute Gasteiger partial charge is 0.477 e. The molecule has 142 valence electrons. The Morgan fingerprint density at radius 3 is 2.71 bits per heavy atom. The van der Waals surface area contributed by atoms with Gasteiger partial charge in [0.2, 0.25) is 0 Å². The molecule has 28 heavy (non-hydrogen) atoms. The summed E-state index contributed by atoms with van der Waals surface area (Å²) in [5, 5.41) is 21.9. The van der Waals surface area contributed by atoms with Crippen molar-refractivity contribution in [2.75, 3.05) is 17.3 Å². The van der Waals surface area contributed by atoms with Crippen LogP contribution in [0.2, 0.25) is 0 Å². The van der Waals surface area contributed by atoms with Crippen molar-refractivity contribution in [3.8, 4) is 0 Å². The Kier molecular flexibility index (Phi) is 4.65. The first-order chi connectivity index (χ1) is 13.4. The fourth-order valence-electron chi connectivity index (χ4n) is 2.56. The number of nitrogens with one attached hydrogen (secondary N) is 1. The summed E-state index contributed by atoms with van der Waals surface area (Å²) < 4.78 is 14.6. The zero-order chi connectivity index (χ0) is 19.8. The Hall–Kier alpha value is -3.11. The maximum absolute atomic E-state index is 13.8. The molecule has 0 unspecified atom stereocenters. The summed E-state index contributed by atoms with van der Waals surface area (Å²) in [5.41, 5.74) is 1.15. The van der Waals surface area contributed by atoms with Crippen molar-refractivity contribution in [2.24, 2.45) is 0 Å². The fourth-order valence-corrected chi connectivity index (χ4v) is 4.26. The lowest BCUT2D eigenvalue weighted by Crippen LogP contribution is -2.11. The summed E-state index contributed by atoms with van der Waals surface area (Å²) in [6.07, 6.45) is 0. The van der Waals surface area contributed by atoms with Crippen molar-refractivity contribution in [2.45, 2.75) is 6.92 Å². The third kappa shape index (κ3) is 3.39. The van der Waals surface area contributed by atoms with Crippen LogP contribution in [0.5, 0.6) is 0 Å². The Balaban J connectivity index is 1.58. The van der Waals surface area contributed by atoms with Gasteiger partial charge in [-0.1, -0.05) is 17.4 Å². The second-order valence-electron chi connectivity index (χ2n) is 5.97. The normalized spacial score (nSPS) is 11.0. The van der Waals surface area contributed by atoms with E-state index in [0.29, 0.717) is 22.3 Å². The van der Waals surface area contributed by atoms with E-state index in [1.54, 1.807) is 30.1 Å². The summed E-state index contributed by atoms with van der Waals surface area (Å²) in [6.45, 7) is 1.87. The average molecular weight is 415 g/mol. The lowest BCUT2D eigenvalue weighted by molar-refractivity contribution is 0.0702. The van der Waals surface area contributed by atoms with Crippen molar-refractivity contribution in [3.63, 3.8) is 0 Å². The molecular formula is C18H14FN5O2S2. The predicted octanol–water partition coefficient (Wildman–Crippen LogP) is 4.81. The number of aromatic nitrogens is 3. The van der Waals surface area contributed by atoms with Gasteiger partial charge in [0.25, 0.3) is 0 Å². The minimum Gasteiger partial charge on any atom is -0.477 e. The number of fused-ring (bicyclic) bond motifs is 1. The van der Waals surface area contributed by atoms with Crippen LogP contribution in [0.1, 0.15) is 15.2 Å². The number of para-hydroxylation sites is 1. The average Bonchev–Trinajstić information content (AvgIpc) is 3.30. The maximum atomic E-state index is 13.8. The quantitative estimate of drug-likeness (QED) is 0.483. The van der Waals surface area contributed by atoms with E-state index in [9.17, 15) is 9.18 Å². The number of anilines is 4. The molecule has 0 aliphatic rings. The molecule has 3 aromatic heterocycles. The molecule has 0 fully saturated rings. The Morgan fingerprint density at radius 2 is 2.04 bits per heavy atom. The molecule has 0 radical (unpaired) electrons. The highest BCUT2D eigenvalue weighted by Crippen LogP contribution is 2.32. The van der Waals surface area contributed by atoms with Crippen molar-refractivity contribution in [1.82, 2.24) is 15.2 Å². The van der Waals surface area contributed by atoms with Gasteiger partial charge in [0.05, 0.1) is 9.70 Å². The van der Waals surface area contributed by atoms with Crippen LogP contribution in [0.3, 0.4) is 0 Å². The molecule has 0 atom stereocenters. The standard InChI is InChI=1S/C18H14FN5O2S2/c1-9-8-13(24(2)14-7-6-12(27-14)17(25)26)22-23-16(9)21-18-20-15-10(19)4-3-5-11(15)28-18/h3-8H,1-2H3,(H,25,26)(H,20,21,23). The van der Waals surface area contributed by atoms with Gasteiger partial charge in [0.1, 0.15) is 16.2 Å². The Bertz CT molecular complexity index is 1190. The van der Waals surface area contributed by atoms with Gasteiger partial charge in [-0.05, 0) is 42.8 Å². The molecule has 3 heterocycles. The number of aromatic carboxylic acids is 1. The van der Waals surface area contributed by atoms with E-state index >= 15 is 0 Å². The summed E-state index contributed by atoms with van der Waals surface area (Å²) in [5.74, 6) is -0.219. The van der Waals surface area contributed by atoms with E-state index in [2.05, 4.69) is 20.5 Å². The first-order valence-electron chi connectivity index (χ1n) is 8.15. The molecule has 4 rings (SSSR count). The van der Waals surface area contributed by atoms with Gasteiger partial charge in [-0.25, -0.2) is 14.2 Å². The number of benzene rings is 1. The van der Waals surface area contributed by atoms with Gasteiger partial charge < -0.3 is 15.3 Å². The smallest absolute Gasteiger partial charge is 0.345 e. The molecule has 1 aromatic carbocycles. The number of aryl methyl sites for hydroxylation is 1. The van der Waals surface area contributed by atoms with Crippen LogP contribution in [0.15, 0.2) is 36.4 Å². The fraction of sp³-hybridized carbons (Fsp3) is 0.111. The van der Waals surface area contributed by atoms with Crippen molar-refractivity contribution >= 4 is 60.6 Å². The molecule has 2 N–H and O–H groups in total. The van der Waals surface area contributed by atoms with E-state index in [-0.39, 0.29) is 10.7 Å². The molecule has 0 bridgehead atoms. The van der Waals surface area contributed by atoms with Crippen LogP contribution in [0, 0.1) is 12.7 Å². The first kappa shape index (κ1) is 18.3. The predicted molar refractivity (Wildman–Crippen MR) is 109 cm³/mol. The summed E-state index contributed by atoms with van der Waals surface area (Å²) in [6, 6.07) is 9.96. The van der Waals surface area contributed by atoms with E-state index in [4.69, 9.17) is 5.11 Å². The van der Waals surface area contributed by atoms with Gasteiger partial charge in [-0.2, -0.15) is 0 Å². The third-order valence-electron chi connectivity index (χ3n) is 4.04. The monoisotopic (exact) mass is 415 g/mol. The number of hydrogen-bond donors (Lipinski definition) is 2. The molecular weight excluding hydrogens is 401 g/mol. The highest BCUT2D eigenvalue weighted by atomic mass is 32.1. The number of halogens is 1. The van der Waals surface area contributed by atoms with E-state index in [1.165, 1.54) is 17.4 Å². The maximum Gasteiger partial charge on any atom is 0.345 e. The Labute approximate surface area is 167 Å². The van der Waals surface area contributed by atoms with Crippen LogP contribution >= 0.6 is 22.7 Å². The zero-order valence-corrected chi connectivity index (χ0v) is 16.4. The number of thiazole rings is 1. The van der Waals surface area contributed by atoms with Crippen LogP contribution in [0.4, 0.5) is 26.2 Å². The lowest BCUT2D eigenvalue weighted by atomic mass is 10.3. The SMILES string of the molecule is Cc1cc(N(C)c2ccc(C(=O)O)s2)nnc1Nc1nc2c(F)cccc2s1. The van der Waals surface area contributed by atoms with Crippen LogP contribution in [0.25, 0.3) is 10.2 Å². The second kappa shape index (κ2) is 7.13. The first-order valence-corrected chi connectivity index (χ1v) is 9.79. The topological polar surface area (TPSA) is 91.2 Å². The van der Waals surface area contributed by atoms with E-state index in [1.807, 2.05) is 19.1 Å². The number of rotatable bonds is 5. The molecule has 7 nitrogen and oxygen atoms in total. The van der Waals surface area contributed by atoms with Crippen LogP contribution in [-0.4, -0.2) is 33.3 Å². The number of carboxylic acid groups (broad SMARTS) is 1.